The minimum absolute atomic E-state index is 1.05. The molecule has 0 radical (unpaired) electrons. The van der Waals surface area contributed by atoms with Crippen molar-refractivity contribution in [2.75, 3.05) is 19.3 Å². The molecule has 64 valence electrons. The summed E-state index contributed by atoms with van der Waals surface area (Å²) in [5, 5.41) is 13.4. The van der Waals surface area contributed by atoms with Gasteiger partial charge in [-0.2, -0.15) is 17.9 Å². The molecule has 0 atom stereocenters. The minimum atomic E-state index is 1.05. The van der Waals surface area contributed by atoms with Crippen LogP contribution in [-0.4, -0.2) is 19.3 Å². The Kier molecular flexibility index (Phi) is 18.7. The van der Waals surface area contributed by atoms with E-state index in [0.29, 0.717) is 0 Å². The van der Waals surface area contributed by atoms with E-state index in [4.69, 9.17) is 5.26 Å². The predicted octanol–water partition coefficient (Wildman–Crippen LogP) is 0.726. The van der Waals surface area contributed by atoms with E-state index < -0.39 is 0 Å². The van der Waals surface area contributed by atoms with E-state index in [1.807, 2.05) is 12.4 Å². The smallest absolute Gasteiger partial charge is 0.0587 e. The SMILES string of the molecule is C1=CNCCN1.CC#N.CS. The van der Waals surface area contributed by atoms with Crippen molar-refractivity contribution in [3.63, 3.8) is 0 Å². The standard InChI is InChI=1S/C4H8N2.C2H3N.CH4S/c1-2-6-4-3-5-1;1-2-3;1-2/h1-2,5-6H,3-4H2;1H3;2H,1H3. The average Bonchev–Trinajstić information content (AvgIpc) is 2.12. The van der Waals surface area contributed by atoms with Crippen LogP contribution >= 0.6 is 12.6 Å². The van der Waals surface area contributed by atoms with E-state index in [1.165, 1.54) is 6.92 Å². The number of thiol groups is 1. The van der Waals surface area contributed by atoms with Crippen molar-refractivity contribution in [3.8, 4) is 6.07 Å². The second kappa shape index (κ2) is 16.1. The Morgan fingerprint density at radius 3 is 1.64 bits per heavy atom. The van der Waals surface area contributed by atoms with Crippen molar-refractivity contribution in [3.05, 3.63) is 12.4 Å². The third-order valence-electron chi connectivity index (χ3n) is 0.733. The Morgan fingerprint density at radius 2 is 1.55 bits per heavy atom. The number of nitrogens with zero attached hydrogens (tertiary/aromatic N) is 1. The Bertz CT molecular complexity index is 109. The molecule has 0 aliphatic carbocycles. The molecule has 0 spiro atoms. The normalized spacial score (nSPS) is 11.5. The first kappa shape index (κ1) is 12.8. The van der Waals surface area contributed by atoms with Crippen LogP contribution in [0, 0.1) is 11.3 Å². The summed E-state index contributed by atoms with van der Waals surface area (Å²) in [5.41, 5.74) is 0. The molecular weight excluding hydrogens is 158 g/mol. The summed E-state index contributed by atoms with van der Waals surface area (Å²) in [5.74, 6) is 0. The molecule has 0 bridgehead atoms. The molecule has 4 heteroatoms. The summed E-state index contributed by atoms with van der Waals surface area (Å²) >= 11 is 3.53. The Morgan fingerprint density at radius 1 is 1.27 bits per heavy atom. The van der Waals surface area contributed by atoms with Crippen molar-refractivity contribution in [1.29, 1.82) is 5.26 Å². The summed E-state index contributed by atoms with van der Waals surface area (Å²) in [6, 6.07) is 1.75. The number of nitriles is 1. The number of hydrogen-bond acceptors (Lipinski definition) is 4. The van der Waals surface area contributed by atoms with Gasteiger partial charge in [0.2, 0.25) is 0 Å². The number of nitrogens with one attached hydrogen (secondary N) is 2. The van der Waals surface area contributed by atoms with Crippen LogP contribution < -0.4 is 10.6 Å². The third kappa shape index (κ3) is 17.6. The maximum Gasteiger partial charge on any atom is 0.0587 e. The van der Waals surface area contributed by atoms with Gasteiger partial charge >= 0.3 is 0 Å². The van der Waals surface area contributed by atoms with Crippen LogP contribution in [0.2, 0.25) is 0 Å². The van der Waals surface area contributed by atoms with Crippen molar-refractivity contribution < 1.29 is 0 Å². The summed E-state index contributed by atoms with van der Waals surface area (Å²) in [6.45, 7) is 3.53. The van der Waals surface area contributed by atoms with E-state index in [9.17, 15) is 0 Å². The Hall–Kier alpha value is -0.820. The maximum absolute atomic E-state index is 7.32. The average molecular weight is 173 g/mol. The van der Waals surface area contributed by atoms with Gasteiger partial charge in [0.05, 0.1) is 6.07 Å². The first-order valence-electron chi connectivity index (χ1n) is 3.29. The zero-order chi connectivity index (χ0) is 8.95. The molecule has 1 heterocycles. The van der Waals surface area contributed by atoms with Gasteiger partial charge in [-0.05, 0) is 6.26 Å². The van der Waals surface area contributed by atoms with Crippen LogP contribution in [0.15, 0.2) is 12.4 Å². The number of hydrogen-bond donors (Lipinski definition) is 3. The largest absolute Gasteiger partial charge is 0.388 e. The predicted molar refractivity (Wildman–Crippen MR) is 51.3 cm³/mol. The highest BCUT2D eigenvalue weighted by molar-refractivity contribution is 7.79. The second-order valence-corrected chi connectivity index (χ2v) is 1.47. The van der Waals surface area contributed by atoms with Crippen LogP contribution in [0.4, 0.5) is 0 Å². The first-order chi connectivity index (χ1) is 5.41. The minimum Gasteiger partial charge on any atom is -0.388 e. The van der Waals surface area contributed by atoms with Gasteiger partial charge in [-0.3, -0.25) is 0 Å². The molecule has 0 saturated heterocycles. The molecule has 0 aromatic heterocycles. The van der Waals surface area contributed by atoms with E-state index in [2.05, 4.69) is 23.3 Å². The Balaban J connectivity index is 0. The third-order valence-corrected chi connectivity index (χ3v) is 0.733. The van der Waals surface area contributed by atoms with Crippen molar-refractivity contribution in [2.45, 2.75) is 6.92 Å². The van der Waals surface area contributed by atoms with Gasteiger partial charge in [0.25, 0.3) is 0 Å². The quantitative estimate of drug-likeness (QED) is 0.473. The van der Waals surface area contributed by atoms with Crippen molar-refractivity contribution in [1.82, 2.24) is 10.6 Å². The zero-order valence-electron chi connectivity index (χ0n) is 6.96. The lowest BCUT2D eigenvalue weighted by Gasteiger charge is -2.05. The van der Waals surface area contributed by atoms with Gasteiger partial charge in [0.1, 0.15) is 0 Å². The van der Waals surface area contributed by atoms with Crippen molar-refractivity contribution in [2.24, 2.45) is 0 Å². The molecule has 11 heavy (non-hydrogen) atoms. The molecule has 0 fully saturated rings. The van der Waals surface area contributed by atoms with Crippen LogP contribution in [0.3, 0.4) is 0 Å². The molecular formula is C7H15N3S. The van der Waals surface area contributed by atoms with Gasteiger partial charge < -0.3 is 10.6 Å². The highest BCUT2D eigenvalue weighted by Gasteiger charge is 1.81. The van der Waals surface area contributed by atoms with Gasteiger partial charge in [-0.15, -0.1) is 0 Å². The zero-order valence-corrected chi connectivity index (χ0v) is 7.86. The van der Waals surface area contributed by atoms with Gasteiger partial charge in [0.15, 0.2) is 0 Å². The summed E-state index contributed by atoms with van der Waals surface area (Å²) < 4.78 is 0. The molecule has 0 aromatic rings. The first-order valence-corrected chi connectivity index (χ1v) is 4.18. The van der Waals surface area contributed by atoms with E-state index in [0.717, 1.165) is 13.1 Å². The highest BCUT2D eigenvalue weighted by Crippen LogP contribution is 1.67. The fraction of sp³-hybridized carbons (Fsp3) is 0.571. The van der Waals surface area contributed by atoms with Crippen LogP contribution in [0.1, 0.15) is 6.92 Å². The molecule has 1 aliphatic rings. The lowest BCUT2D eigenvalue weighted by molar-refractivity contribution is 0.723. The maximum atomic E-state index is 7.32. The molecule has 2 N–H and O–H groups in total. The Labute approximate surface area is 73.9 Å². The van der Waals surface area contributed by atoms with Crippen LogP contribution in [0.25, 0.3) is 0 Å². The van der Waals surface area contributed by atoms with Crippen LogP contribution in [0.5, 0.6) is 0 Å². The van der Waals surface area contributed by atoms with E-state index >= 15 is 0 Å². The highest BCUT2D eigenvalue weighted by atomic mass is 32.1. The van der Waals surface area contributed by atoms with E-state index in [-0.39, 0.29) is 0 Å². The van der Waals surface area contributed by atoms with Crippen molar-refractivity contribution >= 4 is 12.6 Å². The lowest BCUT2D eigenvalue weighted by Crippen LogP contribution is -2.25. The summed E-state index contributed by atoms with van der Waals surface area (Å²) in [7, 11) is 0. The topological polar surface area (TPSA) is 47.8 Å². The molecule has 1 rings (SSSR count). The van der Waals surface area contributed by atoms with Gasteiger partial charge in [-0.25, -0.2) is 0 Å². The lowest BCUT2D eigenvalue weighted by atomic mass is 10.5. The van der Waals surface area contributed by atoms with E-state index in [1.54, 1.807) is 12.3 Å². The molecule has 0 unspecified atom stereocenters. The molecule has 1 aliphatic heterocycles. The fourth-order valence-corrected chi connectivity index (χ4v) is 0.429. The molecule has 0 saturated carbocycles. The van der Waals surface area contributed by atoms with Crippen LogP contribution in [-0.2, 0) is 0 Å². The fourth-order valence-electron chi connectivity index (χ4n) is 0.429. The monoisotopic (exact) mass is 173 g/mol. The molecule has 0 aromatic carbocycles. The summed E-state index contributed by atoms with van der Waals surface area (Å²) in [4.78, 5) is 0. The van der Waals surface area contributed by atoms with Gasteiger partial charge in [-0.1, -0.05) is 0 Å². The molecule has 0 amide bonds. The van der Waals surface area contributed by atoms with Gasteiger partial charge in [0, 0.05) is 32.4 Å². The number of rotatable bonds is 0. The second-order valence-electron chi connectivity index (χ2n) is 1.47. The summed E-state index contributed by atoms with van der Waals surface area (Å²) in [6.07, 6.45) is 5.51. The molecule has 3 nitrogen and oxygen atoms in total.